The van der Waals surface area contributed by atoms with Crippen molar-refractivity contribution in [3.63, 3.8) is 0 Å². The van der Waals surface area contributed by atoms with Crippen molar-refractivity contribution in [3.05, 3.63) is 18.7 Å². The van der Waals surface area contributed by atoms with Gasteiger partial charge in [0, 0.05) is 38.4 Å². The summed E-state index contributed by atoms with van der Waals surface area (Å²) in [6.45, 7) is 2.64. The molecule has 27 heavy (non-hydrogen) atoms. The van der Waals surface area contributed by atoms with Crippen LogP contribution < -0.4 is 15.5 Å². The van der Waals surface area contributed by atoms with E-state index in [0.29, 0.717) is 24.6 Å². The molecule has 9 heteroatoms. The number of nitrogens with zero attached hydrogens (tertiary/aromatic N) is 5. The number of nitrogens with one attached hydrogen (secondary N) is 2. The Morgan fingerprint density at radius 1 is 1.26 bits per heavy atom. The minimum absolute atomic E-state index is 0.108. The molecule has 3 rings (SSSR count). The van der Waals surface area contributed by atoms with Crippen LogP contribution in [0.5, 0.6) is 0 Å². The lowest BCUT2D eigenvalue weighted by Gasteiger charge is -2.25. The summed E-state index contributed by atoms with van der Waals surface area (Å²) in [5.41, 5.74) is 0.597. The maximum atomic E-state index is 12.4. The number of hydrogen-bond donors (Lipinski definition) is 2. The molecule has 1 saturated carbocycles. The zero-order chi connectivity index (χ0) is 19.2. The zero-order valence-corrected chi connectivity index (χ0v) is 15.9. The number of rotatable bonds is 7. The number of aromatic nitrogens is 4. The normalized spacial score (nSPS) is 16.1. The number of likely N-dealkylation sites (N-methyl/N-ethyl adjacent to an activating group) is 1. The van der Waals surface area contributed by atoms with Gasteiger partial charge in [0.05, 0.1) is 0 Å². The molecule has 1 aliphatic rings. The van der Waals surface area contributed by atoms with Crippen molar-refractivity contribution in [1.82, 2.24) is 30.2 Å². The van der Waals surface area contributed by atoms with Gasteiger partial charge in [-0.2, -0.15) is 0 Å². The fourth-order valence-electron chi connectivity index (χ4n) is 3.38. The van der Waals surface area contributed by atoms with Gasteiger partial charge in [0.15, 0.2) is 5.82 Å². The number of amides is 2. The lowest BCUT2D eigenvalue weighted by atomic mass is 9.89. The molecule has 146 valence electrons. The maximum absolute atomic E-state index is 12.4. The van der Waals surface area contributed by atoms with Crippen LogP contribution in [-0.2, 0) is 9.59 Å². The van der Waals surface area contributed by atoms with Gasteiger partial charge in [-0.25, -0.2) is 4.98 Å². The Kier molecular flexibility index (Phi) is 6.20. The summed E-state index contributed by atoms with van der Waals surface area (Å²) in [4.78, 5) is 30.6. The Bertz CT molecular complexity index is 785. The first-order valence-corrected chi connectivity index (χ1v) is 9.50. The monoisotopic (exact) mass is 373 g/mol. The summed E-state index contributed by atoms with van der Waals surface area (Å²) in [5, 5.41) is 13.7. The van der Waals surface area contributed by atoms with Crippen LogP contribution in [0.2, 0.25) is 0 Å². The Hall–Kier alpha value is -2.71. The van der Waals surface area contributed by atoms with Gasteiger partial charge in [-0.3, -0.25) is 14.0 Å². The summed E-state index contributed by atoms with van der Waals surface area (Å²) in [5.74, 6) is 0.696. The van der Waals surface area contributed by atoms with E-state index in [2.05, 4.69) is 25.8 Å². The number of carbonyl (C=O) groups excluding carboxylic acids is 2. The minimum atomic E-state index is -0.436. The van der Waals surface area contributed by atoms with E-state index in [-0.39, 0.29) is 17.7 Å². The van der Waals surface area contributed by atoms with E-state index in [9.17, 15) is 9.59 Å². The molecule has 9 nitrogen and oxygen atoms in total. The molecule has 0 aliphatic heterocycles. The zero-order valence-electron chi connectivity index (χ0n) is 15.9. The Labute approximate surface area is 158 Å². The van der Waals surface area contributed by atoms with Crippen molar-refractivity contribution in [3.8, 4) is 0 Å². The van der Waals surface area contributed by atoms with E-state index in [1.54, 1.807) is 42.0 Å². The molecule has 0 unspecified atom stereocenters. The van der Waals surface area contributed by atoms with Gasteiger partial charge in [0.25, 0.3) is 0 Å². The second-order valence-corrected chi connectivity index (χ2v) is 7.02. The van der Waals surface area contributed by atoms with Crippen LogP contribution in [0.3, 0.4) is 0 Å². The third-order valence-corrected chi connectivity index (χ3v) is 5.19. The summed E-state index contributed by atoms with van der Waals surface area (Å²) in [6.07, 6.45) is 10.4. The van der Waals surface area contributed by atoms with Gasteiger partial charge in [-0.15, -0.1) is 10.2 Å². The van der Waals surface area contributed by atoms with E-state index in [4.69, 9.17) is 0 Å². The van der Waals surface area contributed by atoms with Crippen molar-refractivity contribution in [2.24, 2.45) is 5.92 Å². The Morgan fingerprint density at radius 2 is 2.00 bits per heavy atom. The van der Waals surface area contributed by atoms with Gasteiger partial charge in [-0.1, -0.05) is 19.3 Å². The molecule has 2 N–H and O–H groups in total. The first-order valence-electron chi connectivity index (χ1n) is 9.50. The molecule has 1 aliphatic carbocycles. The van der Waals surface area contributed by atoms with Crippen molar-refractivity contribution in [2.75, 3.05) is 25.0 Å². The van der Waals surface area contributed by atoms with E-state index in [1.165, 1.54) is 6.42 Å². The van der Waals surface area contributed by atoms with Crippen LogP contribution >= 0.6 is 0 Å². The third kappa shape index (κ3) is 4.53. The fraction of sp³-hybridized carbons (Fsp3) is 0.611. The molecule has 0 saturated heterocycles. The molecule has 2 amide bonds. The largest absolute Gasteiger partial charge is 0.354 e. The molecular formula is C18H27N7O2. The fourth-order valence-corrected chi connectivity index (χ4v) is 3.38. The number of carbonyl (C=O) groups is 2. The predicted molar refractivity (Wildman–Crippen MR) is 101 cm³/mol. The van der Waals surface area contributed by atoms with Gasteiger partial charge in [0.1, 0.15) is 12.4 Å². The molecule has 1 fully saturated rings. The van der Waals surface area contributed by atoms with E-state index in [1.807, 2.05) is 0 Å². The number of fused-ring (bicyclic) bond motifs is 1. The summed E-state index contributed by atoms with van der Waals surface area (Å²) >= 11 is 0. The first kappa shape index (κ1) is 19.1. The molecule has 0 aromatic carbocycles. The van der Waals surface area contributed by atoms with Crippen molar-refractivity contribution < 1.29 is 9.59 Å². The molecule has 2 aromatic heterocycles. The summed E-state index contributed by atoms with van der Waals surface area (Å²) in [6, 6.07) is -0.436. The quantitative estimate of drug-likeness (QED) is 0.695. The molecule has 0 spiro atoms. The van der Waals surface area contributed by atoms with Crippen molar-refractivity contribution in [2.45, 2.75) is 45.1 Å². The minimum Gasteiger partial charge on any atom is -0.354 e. The topological polar surface area (TPSA) is 105 Å². The van der Waals surface area contributed by atoms with Crippen LogP contribution in [0.1, 0.15) is 39.0 Å². The Balaban J connectivity index is 1.46. The van der Waals surface area contributed by atoms with Crippen LogP contribution in [0.15, 0.2) is 18.7 Å². The standard InChI is InChI=1S/C18H27N7O2/c1-13(24(2)15-16-23-22-12-25(16)11-10-19-15)17(26)20-8-9-21-18(27)14-6-4-3-5-7-14/h10-14H,3-9H2,1-2H3,(H,20,26)(H,21,27)/t13-/m1/s1. The molecule has 2 heterocycles. The SMILES string of the molecule is C[C@H](C(=O)NCCNC(=O)C1CCCCC1)N(C)c1nccn2cnnc12. The lowest BCUT2D eigenvalue weighted by Crippen LogP contribution is -2.46. The van der Waals surface area contributed by atoms with Crippen LogP contribution in [0.25, 0.3) is 5.65 Å². The van der Waals surface area contributed by atoms with Crippen LogP contribution in [0, 0.1) is 5.92 Å². The maximum Gasteiger partial charge on any atom is 0.242 e. The van der Waals surface area contributed by atoms with Gasteiger partial charge in [0.2, 0.25) is 17.5 Å². The molecular weight excluding hydrogens is 346 g/mol. The smallest absolute Gasteiger partial charge is 0.242 e. The first-order chi connectivity index (χ1) is 13.1. The van der Waals surface area contributed by atoms with Crippen LogP contribution in [0.4, 0.5) is 5.82 Å². The van der Waals surface area contributed by atoms with E-state index < -0.39 is 6.04 Å². The Morgan fingerprint density at radius 3 is 2.78 bits per heavy atom. The summed E-state index contributed by atoms with van der Waals surface area (Å²) < 4.78 is 1.75. The van der Waals surface area contributed by atoms with E-state index in [0.717, 1.165) is 25.7 Å². The highest BCUT2D eigenvalue weighted by Crippen LogP contribution is 2.23. The van der Waals surface area contributed by atoms with Gasteiger partial charge >= 0.3 is 0 Å². The highest BCUT2D eigenvalue weighted by molar-refractivity contribution is 5.85. The van der Waals surface area contributed by atoms with Crippen molar-refractivity contribution in [1.29, 1.82) is 0 Å². The van der Waals surface area contributed by atoms with Crippen LogP contribution in [-0.4, -0.2) is 57.6 Å². The molecule has 1 atom stereocenters. The lowest BCUT2D eigenvalue weighted by molar-refractivity contribution is -0.126. The summed E-state index contributed by atoms with van der Waals surface area (Å²) in [7, 11) is 1.80. The number of anilines is 1. The highest BCUT2D eigenvalue weighted by atomic mass is 16.2. The second kappa shape index (κ2) is 8.79. The average molecular weight is 373 g/mol. The van der Waals surface area contributed by atoms with Gasteiger partial charge < -0.3 is 15.5 Å². The average Bonchev–Trinajstić information content (AvgIpc) is 3.19. The van der Waals surface area contributed by atoms with E-state index >= 15 is 0 Å². The highest BCUT2D eigenvalue weighted by Gasteiger charge is 2.23. The third-order valence-electron chi connectivity index (χ3n) is 5.19. The number of hydrogen-bond acceptors (Lipinski definition) is 6. The predicted octanol–water partition coefficient (Wildman–Crippen LogP) is 0.762. The van der Waals surface area contributed by atoms with Crippen molar-refractivity contribution >= 4 is 23.3 Å². The molecule has 0 radical (unpaired) electrons. The second-order valence-electron chi connectivity index (χ2n) is 7.02. The van der Waals surface area contributed by atoms with Gasteiger partial charge in [-0.05, 0) is 19.8 Å². The molecule has 2 aromatic rings. The molecule has 0 bridgehead atoms.